The predicted octanol–water partition coefficient (Wildman–Crippen LogP) is 2.41. The van der Waals surface area contributed by atoms with Crippen molar-refractivity contribution >= 4 is 11.8 Å². The highest BCUT2D eigenvalue weighted by Crippen LogP contribution is 2.30. The molecule has 2 N–H and O–H groups in total. The molecule has 0 bridgehead atoms. The highest BCUT2D eigenvalue weighted by Gasteiger charge is 2.33. The molecular formula is C19H26N2O3. The van der Waals surface area contributed by atoms with Gasteiger partial charge in [0.05, 0.1) is 6.10 Å². The molecule has 0 spiro atoms. The molecule has 1 unspecified atom stereocenters. The molecule has 2 aliphatic rings. The zero-order valence-electron chi connectivity index (χ0n) is 14.0. The zero-order valence-corrected chi connectivity index (χ0v) is 14.0. The Labute approximate surface area is 143 Å². The van der Waals surface area contributed by atoms with Crippen LogP contribution in [0.2, 0.25) is 0 Å². The Hall–Kier alpha value is -1.88. The van der Waals surface area contributed by atoms with Crippen LogP contribution in [0, 0.1) is 5.92 Å². The van der Waals surface area contributed by atoms with Crippen LogP contribution in [0.15, 0.2) is 30.3 Å². The van der Waals surface area contributed by atoms with Crippen LogP contribution in [0.5, 0.6) is 0 Å². The molecule has 1 aliphatic heterocycles. The second-order valence-corrected chi connectivity index (χ2v) is 6.84. The lowest BCUT2D eigenvalue weighted by Gasteiger charge is -2.34. The summed E-state index contributed by atoms with van der Waals surface area (Å²) in [6.45, 7) is 1.15. The van der Waals surface area contributed by atoms with Gasteiger partial charge in [0.25, 0.3) is 5.91 Å². The Morgan fingerprint density at radius 1 is 1.04 bits per heavy atom. The largest absolute Gasteiger partial charge is 0.369 e. The number of ether oxygens (including phenoxy) is 1. The number of carbonyl (C=O) groups is 2. The molecule has 1 aromatic rings. The van der Waals surface area contributed by atoms with Gasteiger partial charge in [0.1, 0.15) is 0 Å². The molecular weight excluding hydrogens is 304 g/mol. The number of primary amides is 1. The zero-order chi connectivity index (χ0) is 16.9. The van der Waals surface area contributed by atoms with Crippen molar-refractivity contribution in [1.29, 1.82) is 0 Å². The number of rotatable bonds is 5. The highest BCUT2D eigenvalue weighted by atomic mass is 16.5. The van der Waals surface area contributed by atoms with Crippen LogP contribution in [0.4, 0.5) is 0 Å². The van der Waals surface area contributed by atoms with Gasteiger partial charge in [0, 0.05) is 19.0 Å². The van der Waals surface area contributed by atoms with Crippen molar-refractivity contribution in [2.45, 2.75) is 50.7 Å². The summed E-state index contributed by atoms with van der Waals surface area (Å²) >= 11 is 0. The summed E-state index contributed by atoms with van der Waals surface area (Å²) in [5.41, 5.74) is 6.29. The van der Waals surface area contributed by atoms with E-state index >= 15 is 0 Å². The van der Waals surface area contributed by atoms with Gasteiger partial charge in [-0.15, -0.1) is 0 Å². The van der Waals surface area contributed by atoms with E-state index in [0.717, 1.165) is 18.4 Å². The summed E-state index contributed by atoms with van der Waals surface area (Å²) in [5, 5.41) is 0. The molecule has 5 nitrogen and oxygen atoms in total. The van der Waals surface area contributed by atoms with Crippen LogP contribution < -0.4 is 5.73 Å². The number of piperidine rings is 1. The van der Waals surface area contributed by atoms with E-state index in [2.05, 4.69) is 0 Å². The number of hydrogen-bond acceptors (Lipinski definition) is 3. The lowest BCUT2D eigenvalue weighted by molar-refractivity contribution is -0.150. The molecule has 0 radical (unpaired) electrons. The fourth-order valence-corrected chi connectivity index (χ4v) is 3.67. The smallest absolute Gasteiger partial charge is 0.256 e. The first-order valence-corrected chi connectivity index (χ1v) is 8.93. The van der Waals surface area contributed by atoms with Crippen LogP contribution in [0.25, 0.3) is 0 Å². The summed E-state index contributed by atoms with van der Waals surface area (Å²) in [6, 6.07) is 9.72. The molecule has 24 heavy (non-hydrogen) atoms. The van der Waals surface area contributed by atoms with Gasteiger partial charge in [0.15, 0.2) is 6.10 Å². The van der Waals surface area contributed by atoms with Crippen LogP contribution in [0.3, 0.4) is 0 Å². The molecule has 130 valence electrons. The second kappa shape index (κ2) is 7.79. The standard InChI is InChI=1S/C19H26N2O3/c20-18(22)15-10-12-21(13-11-15)19(23)17(14-6-2-1-3-7-14)24-16-8-4-5-9-16/h1-3,6-7,15-17H,4-5,8-13H2,(H2,20,22). The van der Waals surface area contributed by atoms with E-state index in [1.807, 2.05) is 35.2 Å². The van der Waals surface area contributed by atoms with Crippen molar-refractivity contribution < 1.29 is 14.3 Å². The van der Waals surface area contributed by atoms with E-state index in [4.69, 9.17) is 10.5 Å². The Kier molecular flexibility index (Phi) is 5.51. The maximum Gasteiger partial charge on any atom is 0.256 e. The summed E-state index contributed by atoms with van der Waals surface area (Å²) in [4.78, 5) is 26.2. The predicted molar refractivity (Wildman–Crippen MR) is 91.0 cm³/mol. The molecule has 2 amide bonds. The van der Waals surface area contributed by atoms with Crippen molar-refractivity contribution in [2.24, 2.45) is 11.7 Å². The number of likely N-dealkylation sites (tertiary alicyclic amines) is 1. The minimum Gasteiger partial charge on any atom is -0.369 e. The molecule has 1 aromatic carbocycles. The van der Waals surface area contributed by atoms with E-state index in [9.17, 15) is 9.59 Å². The maximum absolute atomic E-state index is 13.0. The van der Waals surface area contributed by atoms with Crippen LogP contribution in [-0.4, -0.2) is 35.9 Å². The normalized spacial score (nSPS) is 20.9. The fourth-order valence-electron chi connectivity index (χ4n) is 3.67. The Morgan fingerprint density at radius 3 is 2.25 bits per heavy atom. The molecule has 1 saturated carbocycles. The second-order valence-electron chi connectivity index (χ2n) is 6.84. The van der Waals surface area contributed by atoms with Gasteiger partial charge >= 0.3 is 0 Å². The number of hydrogen-bond donors (Lipinski definition) is 1. The third-order valence-electron chi connectivity index (χ3n) is 5.17. The SMILES string of the molecule is NC(=O)C1CCN(C(=O)C(OC2CCCC2)c2ccccc2)CC1. The molecule has 5 heteroatoms. The van der Waals surface area contributed by atoms with Gasteiger partial charge in [-0.25, -0.2) is 0 Å². The number of nitrogens with zero attached hydrogens (tertiary/aromatic N) is 1. The first-order valence-electron chi connectivity index (χ1n) is 8.93. The number of nitrogens with two attached hydrogens (primary N) is 1. The lowest BCUT2D eigenvalue weighted by Crippen LogP contribution is -2.44. The van der Waals surface area contributed by atoms with Crippen LogP contribution >= 0.6 is 0 Å². The van der Waals surface area contributed by atoms with Gasteiger partial charge < -0.3 is 15.4 Å². The number of carbonyl (C=O) groups excluding carboxylic acids is 2. The maximum atomic E-state index is 13.0. The fraction of sp³-hybridized carbons (Fsp3) is 0.579. The topological polar surface area (TPSA) is 72.6 Å². The molecule has 3 rings (SSSR count). The Morgan fingerprint density at radius 2 is 1.67 bits per heavy atom. The van der Waals surface area contributed by atoms with Crippen molar-refractivity contribution in [3.8, 4) is 0 Å². The first kappa shape index (κ1) is 17.0. The summed E-state index contributed by atoms with van der Waals surface area (Å²) in [7, 11) is 0. The third kappa shape index (κ3) is 3.96. The van der Waals surface area contributed by atoms with Gasteiger partial charge in [-0.2, -0.15) is 0 Å². The lowest BCUT2D eigenvalue weighted by atomic mass is 9.95. The Bertz CT molecular complexity index is 561. The minimum absolute atomic E-state index is 0.0102. The van der Waals surface area contributed by atoms with E-state index in [-0.39, 0.29) is 23.8 Å². The quantitative estimate of drug-likeness (QED) is 0.901. The van der Waals surface area contributed by atoms with Crippen molar-refractivity contribution in [1.82, 2.24) is 4.90 Å². The van der Waals surface area contributed by atoms with Crippen molar-refractivity contribution in [2.75, 3.05) is 13.1 Å². The minimum atomic E-state index is -0.542. The van der Waals surface area contributed by atoms with Crippen molar-refractivity contribution in [3.63, 3.8) is 0 Å². The Balaban J connectivity index is 1.70. The third-order valence-corrected chi connectivity index (χ3v) is 5.17. The van der Waals surface area contributed by atoms with Gasteiger partial charge in [-0.3, -0.25) is 9.59 Å². The number of benzene rings is 1. The molecule has 2 fully saturated rings. The molecule has 1 heterocycles. The van der Waals surface area contributed by atoms with Gasteiger partial charge in [-0.05, 0) is 31.2 Å². The number of amides is 2. The van der Waals surface area contributed by atoms with E-state index in [1.54, 1.807) is 0 Å². The molecule has 1 saturated heterocycles. The molecule has 1 aliphatic carbocycles. The summed E-state index contributed by atoms with van der Waals surface area (Å²) in [6.07, 6.45) is 5.31. The van der Waals surface area contributed by atoms with E-state index in [1.165, 1.54) is 12.8 Å². The summed E-state index contributed by atoms with van der Waals surface area (Å²) in [5.74, 6) is -0.361. The van der Waals surface area contributed by atoms with Crippen LogP contribution in [-0.2, 0) is 14.3 Å². The van der Waals surface area contributed by atoms with Gasteiger partial charge in [-0.1, -0.05) is 43.2 Å². The summed E-state index contributed by atoms with van der Waals surface area (Å²) < 4.78 is 6.20. The monoisotopic (exact) mass is 330 g/mol. The molecule has 0 aromatic heterocycles. The molecule has 1 atom stereocenters. The van der Waals surface area contributed by atoms with E-state index in [0.29, 0.717) is 25.9 Å². The van der Waals surface area contributed by atoms with Crippen molar-refractivity contribution in [3.05, 3.63) is 35.9 Å². The van der Waals surface area contributed by atoms with E-state index < -0.39 is 6.10 Å². The average Bonchev–Trinajstić information content (AvgIpc) is 3.13. The van der Waals surface area contributed by atoms with Gasteiger partial charge in [0.2, 0.25) is 5.91 Å². The highest BCUT2D eigenvalue weighted by molar-refractivity contribution is 5.83. The van der Waals surface area contributed by atoms with Crippen LogP contribution in [0.1, 0.15) is 50.2 Å². The first-order chi connectivity index (χ1) is 11.6. The average molecular weight is 330 g/mol.